The Kier molecular flexibility index (Phi) is 3.80. The van der Waals surface area contributed by atoms with Crippen molar-refractivity contribution in [3.05, 3.63) is 24.3 Å². The molecule has 1 aliphatic rings. The zero-order chi connectivity index (χ0) is 14.9. The Hall–Kier alpha value is -1.89. The minimum absolute atomic E-state index is 0.125. The molecule has 1 saturated heterocycles. The van der Waals surface area contributed by atoms with E-state index in [9.17, 15) is 18.0 Å². The van der Waals surface area contributed by atoms with Gasteiger partial charge < -0.3 is 5.32 Å². The molecule has 0 radical (unpaired) electrons. The van der Waals surface area contributed by atoms with Crippen LogP contribution in [-0.2, 0) is 19.4 Å². The van der Waals surface area contributed by atoms with Crippen molar-refractivity contribution in [3.8, 4) is 0 Å². The number of likely N-dealkylation sites (N-methyl/N-ethyl adjacent to an activating group) is 1. The van der Waals surface area contributed by atoms with Crippen molar-refractivity contribution < 1.29 is 18.0 Å². The van der Waals surface area contributed by atoms with Gasteiger partial charge in [0.05, 0.1) is 11.3 Å². The summed E-state index contributed by atoms with van der Waals surface area (Å²) in [5, 5.41) is 2.96. The predicted octanol–water partition coefficient (Wildman–Crippen LogP) is 0.649. The summed E-state index contributed by atoms with van der Waals surface area (Å²) in [7, 11) is -3.24. The van der Waals surface area contributed by atoms with Gasteiger partial charge in [-0.05, 0) is 31.2 Å². The molecule has 0 spiro atoms. The van der Waals surface area contributed by atoms with Gasteiger partial charge in [0, 0.05) is 18.5 Å². The Morgan fingerprint density at radius 2 is 1.85 bits per heavy atom. The molecule has 7 heteroatoms. The Morgan fingerprint density at radius 3 is 2.30 bits per heavy atom. The summed E-state index contributed by atoms with van der Waals surface area (Å²) < 4.78 is 22.7. The third-order valence-corrected chi connectivity index (χ3v) is 4.31. The van der Waals surface area contributed by atoms with Gasteiger partial charge in [0.25, 0.3) is 5.91 Å². The Morgan fingerprint density at radius 1 is 1.25 bits per heavy atom. The molecule has 20 heavy (non-hydrogen) atoms. The van der Waals surface area contributed by atoms with Gasteiger partial charge >= 0.3 is 0 Å². The zero-order valence-electron chi connectivity index (χ0n) is 11.3. The van der Waals surface area contributed by atoms with Crippen molar-refractivity contribution in [2.45, 2.75) is 24.3 Å². The van der Waals surface area contributed by atoms with E-state index in [1.807, 2.05) is 0 Å². The number of anilines is 1. The molecule has 0 aliphatic carbocycles. The number of hydrogen-bond donors (Lipinski definition) is 1. The molecule has 1 unspecified atom stereocenters. The molecule has 1 atom stereocenters. The second-order valence-electron chi connectivity index (χ2n) is 4.67. The molecule has 0 bridgehead atoms. The lowest BCUT2D eigenvalue weighted by Gasteiger charge is -2.14. The average molecular weight is 296 g/mol. The van der Waals surface area contributed by atoms with Crippen LogP contribution in [0.4, 0.5) is 5.69 Å². The average Bonchev–Trinajstić information content (AvgIpc) is 2.63. The number of carbonyl (C=O) groups excluding carboxylic acids is 2. The molecule has 1 N–H and O–H groups in total. The van der Waals surface area contributed by atoms with E-state index in [1.165, 1.54) is 17.0 Å². The number of likely N-dealkylation sites (tertiary alicyclic amines) is 1. The van der Waals surface area contributed by atoms with Gasteiger partial charge in [-0.15, -0.1) is 0 Å². The number of sulfone groups is 1. The molecule has 2 rings (SSSR count). The van der Waals surface area contributed by atoms with E-state index in [4.69, 9.17) is 0 Å². The largest absolute Gasteiger partial charge is 0.373 e. The van der Waals surface area contributed by atoms with Gasteiger partial charge in [0.2, 0.25) is 5.91 Å². The highest BCUT2D eigenvalue weighted by atomic mass is 32.2. The first kappa shape index (κ1) is 14.5. The maximum Gasteiger partial charge on any atom is 0.252 e. The van der Waals surface area contributed by atoms with Crippen molar-refractivity contribution in [1.82, 2.24) is 4.90 Å². The first-order valence-corrected chi connectivity index (χ1v) is 8.13. The molecule has 6 nitrogen and oxygen atoms in total. The first-order chi connectivity index (χ1) is 9.32. The topological polar surface area (TPSA) is 83.6 Å². The fourth-order valence-electron chi connectivity index (χ4n) is 2.13. The van der Waals surface area contributed by atoms with Crippen molar-refractivity contribution in [2.24, 2.45) is 0 Å². The first-order valence-electron chi connectivity index (χ1n) is 6.24. The third kappa shape index (κ3) is 2.82. The van der Waals surface area contributed by atoms with Gasteiger partial charge in [-0.2, -0.15) is 0 Å². The monoisotopic (exact) mass is 296 g/mol. The molecule has 1 aromatic carbocycles. The van der Waals surface area contributed by atoms with E-state index in [0.717, 1.165) is 6.26 Å². The standard InChI is InChI=1S/C13H16N2O4S/c1-3-15-12(16)8-11(13(15)17)14-9-4-6-10(7-5-9)20(2,18)19/h4-7,11,14H,3,8H2,1-2H3. The van der Waals surface area contributed by atoms with Crippen LogP contribution < -0.4 is 5.32 Å². The number of benzene rings is 1. The second-order valence-corrected chi connectivity index (χ2v) is 6.69. The highest BCUT2D eigenvalue weighted by Gasteiger charge is 2.37. The lowest BCUT2D eigenvalue weighted by Crippen LogP contribution is -2.34. The molecular weight excluding hydrogens is 280 g/mol. The van der Waals surface area contributed by atoms with Crippen LogP contribution in [0.25, 0.3) is 0 Å². The summed E-state index contributed by atoms with van der Waals surface area (Å²) in [5.74, 6) is -0.438. The Labute approximate surface area is 117 Å². The van der Waals surface area contributed by atoms with E-state index in [-0.39, 0.29) is 23.1 Å². The minimum Gasteiger partial charge on any atom is -0.373 e. The molecule has 1 heterocycles. The number of nitrogens with zero attached hydrogens (tertiary/aromatic N) is 1. The van der Waals surface area contributed by atoms with Crippen molar-refractivity contribution >= 4 is 27.3 Å². The Bertz CT molecular complexity index is 637. The van der Waals surface area contributed by atoms with E-state index in [0.29, 0.717) is 12.2 Å². The van der Waals surface area contributed by atoms with Crippen LogP contribution in [-0.4, -0.2) is 44.0 Å². The lowest BCUT2D eigenvalue weighted by molar-refractivity contribution is -0.138. The molecule has 1 aromatic rings. The normalized spacial score (nSPS) is 19.5. The third-order valence-electron chi connectivity index (χ3n) is 3.18. The predicted molar refractivity (Wildman–Crippen MR) is 74.0 cm³/mol. The maximum atomic E-state index is 11.9. The SMILES string of the molecule is CCN1C(=O)CC(Nc2ccc(S(C)(=O)=O)cc2)C1=O. The van der Waals surface area contributed by atoms with Crippen LogP contribution in [0.3, 0.4) is 0 Å². The van der Waals surface area contributed by atoms with Crippen LogP contribution in [0.1, 0.15) is 13.3 Å². The van der Waals surface area contributed by atoms with Gasteiger partial charge in [-0.25, -0.2) is 8.42 Å². The highest BCUT2D eigenvalue weighted by molar-refractivity contribution is 7.90. The minimum atomic E-state index is -3.24. The molecule has 108 valence electrons. The number of hydrogen-bond acceptors (Lipinski definition) is 5. The van der Waals surface area contributed by atoms with E-state index in [1.54, 1.807) is 19.1 Å². The maximum absolute atomic E-state index is 11.9. The smallest absolute Gasteiger partial charge is 0.252 e. The van der Waals surface area contributed by atoms with Gasteiger partial charge in [-0.1, -0.05) is 0 Å². The van der Waals surface area contributed by atoms with Crippen LogP contribution in [0.15, 0.2) is 29.2 Å². The number of imide groups is 1. The molecule has 2 amide bonds. The summed E-state index contributed by atoms with van der Waals surface area (Å²) in [6.45, 7) is 2.11. The fourth-order valence-corrected chi connectivity index (χ4v) is 2.76. The van der Waals surface area contributed by atoms with Gasteiger partial charge in [0.15, 0.2) is 9.84 Å². The number of amides is 2. The quantitative estimate of drug-likeness (QED) is 0.825. The van der Waals surface area contributed by atoms with E-state index in [2.05, 4.69) is 5.32 Å². The summed E-state index contributed by atoms with van der Waals surface area (Å²) >= 11 is 0. The van der Waals surface area contributed by atoms with E-state index >= 15 is 0 Å². The summed E-state index contributed by atoms with van der Waals surface area (Å²) in [6, 6.07) is 5.53. The van der Waals surface area contributed by atoms with Crippen LogP contribution >= 0.6 is 0 Å². The van der Waals surface area contributed by atoms with Crippen molar-refractivity contribution in [1.29, 1.82) is 0 Å². The number of rotatable bonds is 4. The summed E-state index contributed by atoms with van der Waals surface area (Å²) in [4.78, 5) is 24.9. The number of nitrogens with one attached hydrogen (secondary N) is 1. The highest BCUT2D eigenvalue weighted by Crippen LogP contribution is 2.19. The Balaban J connectivity index is 2.12. The second kappa shape index (κ2) is 5.24. The summed E-state index contributed by atoms with van der Waals surface area (Å²) in [5.41, 5.74) is 0.613. The van der Waals surface area contributed by atoms with E-state index < -0.39 is 15.9 Å². The fraction of sp³-hybridized carbons (Fsp3) is 0.385. The zero-order valence-corrected chi connectivity index (χ0v) is 12.1. The molecule has 0 aromatic heterocycles. The van der Waals surface area contributed by atoms with Crippen molar-refractivity contribution in [3.63, 3.8) is 0 Å². The lowest BCUT2D eigenvalue weighted by atomic mass is 10.2. The summed E-state index contributed by atoms with van der Waals surface area (Å²) in [6.07, 6.45) is 1.26. The van der Waals surface area contributed by atoms with Crippen molar-refractivity contribution in [2.75, 3.05) is 18.1 Å². The molecule has 1 fully saturated rings. The van der Waals surface area contributed by atoms with Gasteiger partial charge in [-0.3, -0.25) is 14.5 Å². The molecular formula is C13H16N2O4S. The molecule has 0 saturated carbocycles. The van der Waals surface area contributed by atoms with Gasteiger partial charge in [0.1, 0.15) is 6.04 Å². The number of carbonyl (C=O) groups is 2. The molecule has 1 aliphatic heterocycles. The van der Waals surface area contributed by atoms with Crippen LogP contribution in [0.2, 0.25) is 0 Å². The van der Waals surface area contributed by atoms with Crippen LogP contribution in [0.5, 0.6) is 0 Å². The van der Waals surface area contributed by atoms with Crippen LogP contribution in [0, 0.1) is 0 Å².